The van der Waals surface area contributed by atoms with Gasteiger partial charge in [0.25, 0.3) is 0 Å². The Morgan fingerprint density at radius 3 is 2.62 bits per heavy atom. The van der Waals surface area contributed by atoms with Crippen molar-refractivity contribution in [2.75, 3.05) is 0 Å². The molecule has 0 bridgehead atoms. The van der Waals surface area contributed by atoms with Crippen LogP contribution in [0.15, 0.2) is 29.4 Å². The zero-order valence-corrected chi connectivity index (χ0v) is 9.02. The van der Waals surface area contributed by atoms with Gasteiger partial charge >= 0.3 is 0 Å². The molecule has 1 N–H and O–H groups in total. The van der Waals surface area contributed by atoms with Crippen molar-refractivity contribution in [3.63, 3.8) is 0 Å². The van der Waals surface area contributed by atoms with E-state index in [1.807, 2.05) is 46.9 Å². The van der Waals surface area contributed by atoms with Crippen molar-refractivity contribution < 1.29 is 5.21 Å². The van der Waals surface area contributed by atoms with Crippen LogP contribution in [0.2, 0.25) is 0 Å². The second-order valence-electron chi connectivity index (χ2n) is 2.43. The largest absolute Gasteiger partial charge is 0.411 e. The summed E-state index contributed by atoms with van der Waals surface area (Å²) in [5, 5.41) is 11.2. The lowest BCUT2D eigenvalue weighted by Crippen LogP contribution is -1.84. The van der Waals surface area contributed by atoms with Gasteiger partial charge in [0.15, 0.2) is 0 Å². The smallest absolute Gasteiger partial charge is 0.0733 e. The summed E-state index contributed by atoms with van der Waals surface area (Å²) in [6, 6.07) is 7.73. The lowest BCUT2D eigenvalue weighted by Gasteiger charge is -1.94. The molecule has 0 heterocycles. The molecule has 1 rings (SSSR count). The minimum absolute atomic E-state index is 0.763. The maximum Gasteiger partial charge on any atom is 0.0733 e. The molecule has 1 aromatic rings. The molecule has 0 saturated heterocycles. The average molecular weight is 285 g/mol. The van der Waals surface area contributed by atoms with Crippen LogP contribution in [0.1, 0.15) is 11.1 Å². The van der Waals surface area contributed by atoms with Crippen molar-refractivity contribution in [3.8, 4) is 9.85 Å². The highest BCUT2D eigenvalue weighted by atomic mass is 127. The summed E-state index contributed by atoms with van der Waals surface area (Å²) in [7, 11) is 0. The van der Waals surface area contributed by atoms with Crippen molar-refractivity contribution in [1.82, 2.24) is 0 Å². The van der Waals surface area contributed by atoms with E-state index in [2.05, 4.69) is 15.0 Å². The van der Waals surface area contributed by atoms with Crippen molar-refractivity contribution in [3.05, 3.63) is 35.4 Å². The minimum Gasteiger partial charge on any atom is -0.411 e. The fourth-order valence-electron chi connectivity index (χ4n) is 0.924. The lowest BCUT2D eigenvalue weighted by atomic mass is 10.1. The van der Waals surface area contributed by atoms with Gasteiger partial charge in [-0.3, -0.25) is 0 Å². The predicted octanol–water partition coefficient (Wildman–Crippen LogP) is 2.43. The van der Waals surface area contributed by atoms with Gasteiger partial charge in [-0.2, -0.15) is 0 Å². The van der Waals surface area contributed by atoms with Crippen LogP contribution in [0.5, 0.6) is 0 Å². The molecular weight excluding hydrogens is 277 g/mol. The monoisotopic (exact) mass is 285 g/mol. The highest BCUT2D eigenvalue weighted by Crippen LogP contribution is 2.02. The Labute approximate surface area is 90.8 Å². The highest BCUT2D eigenvalue weighted by Gasteiger charge is 1.90. The van der Waals surface area contributed by atoms with E-state index in [4.69, 9.17) is 5.21 Å². The van der Waals surface area contributed by atoms with E-state index in [9.17, 15) is 0 Å². The summed E-state index contributed by atoms with van der Waals surface area (Å²) >= 11 is 2.02. The first-order chi connectivity index (χ1) is 6.36. The molecule has 2 nitrogen and oxygen atoms in total. The summed E-state index contributed by atoms with van der Waals surface area (Å²) in [6.45, 7) is 0. The molecule has 0 fully saturated rings. The van der Waals surface area contributed by atoms with Gasteiger partial charge in [-0.15, -0.1) is 0 Å². The van der Waals surface area contributed by atoms with Gasteiger partial charge in [0.05, 0.1) is 6.21 Å². The fourth-order valence-corrected chi connectivity index (χ4v) is 1.11. The van der Waals surface area contributed by atoms with Gasteiger partial charge in [-0.25, -0.2) is 0 Å². The normalized spacial score (nSPS) is 9.62. The molecular formula is C10H8INO. The zero-order valence-electron chi connectivity index (χ0n) is 6.87. The molecule has 0 unspecified atom stereocenters. The molecule has 13 heavy (non-hydrogen) atoms. The topological polar surface area (TPSA) is 32.6 Å². The van der Waals surface area contributed by atoms with Gasteiger partial charge < -0.3 is 5.21 Å². The van der Waals surface area contributed by atoms with Crippen LogP contribution in [-0.2, 0) is 6.42 Å². The Hall–Kier alpha value is -1.02. The first-order valence-corrected chi connectivity index (χ1v) is 4.79. The van der Waals surface area contributed by atoms with E-state index in [0.717, 1.165) is 12.0 Å². The third-order valence-corrected chi connectivity index (χ3v) is 1.93. The number of hydrogen-bond donors (Lipinski definition) is 1. The minimum atomic E-state index is 0.763. The number of oxime groups is 1. The summed E-state index contributed by atoms with van der Waals surface area (Å²) in [5.41, 5.74) is 2.05. The Bertz CT molecular complexity index is 345. The first kappa shape index (κ1) is 10.1. The summed E-state index contributed by atoms with van der Waals surface area (Å²) < 4.78 is 2.81. The van der Waals surface area contributed by atoms with E-state index in [-0.39, 0.29) is 0 Å². The standard InChI is InChI=1S/C10H8INO/c11-7-1-2-9-3-5-10(6-4-9)8-12-13/h3-6,8,13H,2H2. The van der Waals surface area contributed by atoms with E-state index < -0.39 is 0 Å². The summed E-state index contributed by atoms with van der Waals surface area (Å²) in [4.78, 5) is 0. The van der Waals surface area contributed by atoms with Crippen molar-refractivity contribution in [1.29, 1.82) is 0 Å². The van der Waals surface area contributed by atoms with Crippen molar-refractivity contribution in [2.45, 2.75) is 6.42 Å². The zero-order chi connectivity index (χ0) is 9.52. The van der Waals surface area contributed by atoms with Gasteiger partial charge in [0.1, 0.15) is 0 Å². The molecule has 0 aliphatic heterocycles. The Balaban J connectivity index is 2.73. The number of halogens is 1. The second kappa shape index (κ2) is 5.60. The molecule has 0 atom stereocenters. The molecule has 0 amide bonds. The van der Waals surface area contributed by atoms with Gasteiger partial charge in [-0.05, 0) is 15.1 Å². The number of rotatable bonds is 2. The molecule has 0 radical (unpaired) electrons. The first-order valence-electron chi connectivity index (χ1n) is 3.71. The molecule has 66 valence electrons. The van der Waals surface area contributed by atoms with E-state index in [1.54, 1.807) is 0 Å². The van der Waals surface area contributed by atoms with Crippen LogP contribution in [-0.4, -0.2) is 11.4 Å². The van der Waals surface area contributed by atoms with Crippen molar-refractivity contribution >= 4 is 28.8 Å². The predicted molar refractivity (Wildman–Crippen MR) is 61.3 cm³/mol. The van der Waals surface area contributed by atoms with Crippen LogP contribution in [0.3, 0.4) is 0 Å². The highest BCUT2D eigenvalue weighted by molar-refractivity contribution is 14.1. The van der Waals surface area contributed by atoms with Gasteiger partial charge in [0.2, 0.25) is 0 Å². The quantitative estimate of drug-likeness (QED) is 0.292. The van der Waals surface area contributed by atoms with Gasteiger partial charge in [0, 0.05) is 29.0 Å². The summed E-state index contributed by atoms with van der Waals surface area (Å²) in [6.07, 6.45) is 2.16. The molecule has 0 saturated carbocycles. The molecule has 3 heteroatoms. The molecule has 0 aliphatic carbocycles. The average Bonchev–Trinajstić information content (AvgIpc) is 2.17. The van der Waals surface area contributed by atoms with Crippen molar-refractivity contribution in [2.24, 2.45) is 5.16 Å². The third kappa shape index (κ3) is 3.47. The molecule has 0 aliphatic rings. The number of benzene rings is 1. The number of nitrogens with zero attached hydrogens (tertiary/aromatic N) is 1. The Kier molecular flexibility index (Phi) is 4.33. The summed E-state index contributed by atoms with van der Waals surface area (Å²) in [5.74, 6) is 2.97. The van der Waals surface area contributed by atoms with Crippen LogP contribution in [0.25, 0.3) is 0 Å². The maximum absolute atomic E-state index is 8.28. The number of hydrogen-bond acceptors (Lipinski definition) is 2. The van der Waals surface area contributed by atoms with E-state index in [1.165, 1.54) is 11.8 Å². The van der Waals surface area contributed by atoms with Crippen LogP contribution >= 0.6 is 22.6 Å². The molecule has 1 aromatic carbocycles. The fraction of sp³-hybridized carbons (Fsp3) is 0.100. The van der Waals surface area contributed by atoms with E-state index >= 15 is 0 Å². The van der Waals surface area contributed by atoms with Gasteiger partial charge in [-0.1, -0.05) is 35.3 Å². The maximum atomic E-state index is 8.28. The van der Waals surface area contributed by atoms with E-state index in [0.29, 0.717) is 0 Å². The Morgan fingerprint density at radius 2 is 2.08 bits per heavy atom. The van der Waals surface area contributed by atoms with Crippen LogP contribution in [0, 0.1) is 9.85 Å². The Morgan fingerprint density at radius 1 is 1.38 bits per heavy atom. The molecule has 0 spiro atoms. The van der Waals surface area contributed by atoms with Crippen LogP contribution < -0.4 is 0 Å². The molecule has 0 aromatic heterocycles. The SMILES string of the molecule is ON=Cc1ccc(CC#CI)cc1. The van der Waals surface area contributed by atoms with Crippen LogP contribution in [0.4, 0.5) is 0 Å². The second-order valence-corrected chi connectivity index (χ2v) is 2.97. The third-order valence-electron chi connectivity index (χ3n) is 1.55. The lowest BCUT2D eigenvalue weighted by molar-refractivity contribution is 0.322.